The molecular formula is C20H32IN3O2S. The lowest BCUT2D eigenvalue weighted by Crippen LogP contribution is -2.46. The van der Waals surface area contributed by atoms with Crippen LogP contribution in [0.4, 0.5) is 0 Å². The van der Waals surface area contributed by atoms with Crippen molar-refractivity contribution in [2.45, 2.75) is 56.4 Å². The van der Waals surface area contributed by atoms with Crippen LogP contribution >= 0.6 is 24.0 Å². The first-order chi connectivity index (χ1) is 12.5. The van der Waals surface area contributed by atoms with E-state index in [-0.39, 0.29) is 35.8 Å². The zero-order valence-electron chi connectivity index (χ0n) is 16.3. The number of sulfone groups is 1. The highest BCUT2D eigenvalue weighted by atomic mass is 127. The Bertz CT molecular complexity index is 718. The molecule has 0 radical (unpaired) electrons. The number of nitrogens with zero attached hydrogens (tertiary/aromatic N) is 1. The third-order valence-electron chi connectivity index (χ3n) is 4.70. The Kier molecular flexibility index (Phi) is 11.0. The number of hydrogen-bond donors (Lipinski definition) is 2. The van der Waals surface area contributed by atoms with Crippen molar-refractivity contribution in [2.24, 2.45) is 4.99 Å². The Labute approximate surface area is 181 Å². The van der Waals surface area contributed by atoms with Crippen LogP contribution in [0, 0.1) is 0 Å². The van der Waals surface area contributed by atoms with Crippen molar-refractivity contribution in [1.29, 1.82) is 0 Å². The van der Waals surface area contributed by atoms with Gasteiger partial charge in [0.05, 0.1) is 10.6 Å². The van der Waals surface area contributed by atoms with Crippen LogP contribution in [0.1, 0.15) is 45.4 Å². The number of guanidine groups is 1. The zero-order chi connectivity index (χ0) is 18.8. The molecule has 0 bridgehead atoms. The van der Waals surface area contributed by atoms with E-state index >= 15 is 0 Å². The molecule has 0 heterocycles. The van der Waals surface area contributed by atoms with Crippen molar-refractivity contribution in [3.63, 3.8) is 0 Å². The van der Waals surface area contributed by atoms with E-state index in [1.807, 2.05) is 13.0 Å². The fraction of sp³-hybridized carbons (Fsp3) is 0.550. The van der Waals surface area contributed by atoms with E-state index in [0.717, 1.165) is 13.0 Å². The van der Waals surface area contributed by atoms with Crippen LogP contribution in [0.3, 0.4) is 0 Å². The summed E-state index contributed by atoms with van der Waals surface area (Å²) in [4.78, 5) is 4.61. The van der Waals surface area contributed by atoms with Gasteiger partial charge in [0.25, 0.3) is 0 Å². The molecule has 5 nitrogen and oxygen atoms in total. The van der Waals surface area contributed by atoms with E-state index in [4.69, 9.17) is 0 Å². The first kappa shape index (κ1) is 23.9. The van der Waals surface area contributed by atoms with Gasteiger partial charge >= 0.3 is 0 Å². The molecule has 0 amide bonds. The van der Waals surface area contributed by atoms with E-state index in [1.54, 1.807) is 31.3 Å². The fourth-order valence-electron chi connectivity index (χ4n) is 3.11. The van der Waals surface area contributed by atoms with Crippen LogP contribution < -0.4 is 10.6 Å². The van der Waals surface area contributed by atoms with Gasteiger partial charge in [-0.25, -0.2) is 8.42 Å². The molecule has 7 heteroatoms. The van der Waals surface area contributed by atoms with Crippen molar-refractivity contribution < 1.29 is 8.42 Å². The Morgan fingerprint density at radius 2 is 1.96 bits per heavy atom. The van der Waals surface area contributed by atoms with E-state index < -0.39 is 9.84 Å². The first-order valence-corrected chi connectivity index (χ1v) is 11.1. The lowest BCUT2D eigenvalue weighted by atomic mass is 9.97. The minimum atomic E-state index is -3.32. The second-order valence-electron chi connectivity index (χ2n) is 6.70. The normalized spacial score (nSPS) is 16.1. The standard InChI is InChI=1S/C20H31N3O2S.HI/c1-3-18(16-26(24,25)19-12-8-5-9-13-19)23-20(21-2)22-15-14-17-10-6-4-7-11-17;/h5,8-10,12-13,18H,3-4,6-7,11,14-16H2,1-2H3,(H2,21,22,23);1H. The summed E-state index contributed by atoms with van der Waals surface area (Å²) in [6.45, 7) is 2.80. The summed E-state index contributed by atoms with van der Waals surface area (Å²) in [6.07, 6.45) is 9.04. The van der Waals surface area contributed by atoms with Gasteiger partial charge in [-0.2, -0.15) is 0 Å². The average molecular weight is 505 g/mol. The minimum absolute atomic E-state index is 0. The molecule has 152 valence electrons. The maximum Gasteiger partial charge on any atom is 0.191 e. The molecule has 0 fully saturated rings. The predicted molar refractivity (Wildman–Crippen MR) is 124 cm³/mol. The number of nitrogens with one attached hydrogen (secondary N) is 2. The van der Waals surface area contributed by atoms with Gasteiger partial charge in [-0.05, 0) is 50.7 Å². The molecule has 27 heavy (non-hydrogen) atoms. The molecule has 0 saturated carbocycles. The van der Waals surface area contributed by atoms with Gasteiger partial charge in [0.15, 0.2) is 15.8 Å². The van der Waals surface area contributed by atoms with E-state index in [2.05, 4.69) is 21.7 Å². The molecule has 2 rings (SSSR count). The summed E-state index contributed by atoms with van der Waals surface area (Å²) < 4.78 is 25.2. The highest BCUT2D eigenvalue weighted by molar-refractivity contribution is 14.0. The van der Waals surface area contributed by atoms with Crippen LogP contribution in [0.2, 0.25) is 0 Å². The lowest BCUT2D eigenvalue weighted by molar-refractivity contribution is 0.568. The van der Waals surface area contributed by atoms with Gasteiger partial charge in [-0.15, -0.1) is 24.0 Å². The molecule has 0 aliphatic heterocycles. The Balaban J connectivity index is 0.00000364. The fourth-order valence-corrected chi connectivity index (χ4v) is 4.72. The van der Waals surface area contributed by atoms with Crippen molar-refractivity contribution in [1.82, 2.24) is 10.6 Å². The molecule has 1 aromatic carbocycles. The molecule has 1 atom stereocenters. The Morgan fingerprint density at radius 1 is 1.22 bits per heavy atom. The van der Waals surface area contributed by atoms with Crippen LogP contribution in [0.5, 0.6) is 0 Å². The number of rotatable bonds is 8. The van der Waals surface area contributed by atoms with Gasteiger partial charge < -0.3 is 10.6 Å². The number of benzene rings is 1. The topological polar surface area (TPSA) is 70.6 Å². The molecule has 1 unspecified atom stereocenters. The smallest absolute Gasteiger partial charge is 0.191 e. The molecule has 1 aliphatic carbocycles. The molecule has 1 aromatic rings. The second kappa shape index (κ2) is 12.4. The van der Waals surface area contributed by atoms with Crippen LogP contribution in [-0.2, 0) is 9.84 Å². The predicted octanol–water partition coefficient (Wildman–Crippen LogP) is 3.91. The molecule has 2 N–H and O–H groups in total. The maximum atomic E-state index is 12.6. The lowest BCUT2D eigenvalue weighted by Gasteiger charge is -2.21. The van der Waals surface area contributed by atoms with E-state index in [1.165, 1.54) is 31.3 Å². The monoisotopic (exact) mass is 505 g/mol. The number of hydrogen-bond acceptors (Lipinski definition) is 3. The second-order valence-corrected chi connectivity index (χ2v) is 8.74. The van der Waals surface area contributed by atoms with Crippen molar-refractivity contribution in [3.8, 4) is 0 Å². The Hall–Kier alpha value is -1.09. The highest BCUT2D eigenvalue weighted by Crippen LogP contribution is 2.19. The summed E-state index contributed by atoms with van der Waals surface area (Å²) >= 11 is 0. The third-order valence-corrected chi connectivity index (χ3v) is 6.54. The van der Waals surface area contributed by atoms with Gasteiger partial charge in [0, 0.05) is 19.6 Å². The molecule has 0 saturated heterocycles. The minimum Gasteiger partial charge on any atom is -0.356 e. The van der Waals surface area contributed by atoms with Crippen LogP contribution in [0.15, 0.2) is 51.9 Å². The number of aliphatic imine (C=N–C) groups is 1. The summed E-state index contributed by atoms with van der Waals surface area (Å²) in [7, 11) is -1.60. The molecule has 1 aliphatic rings. The van der Waals surface area contributed by atoms with Gasteiger partial charge in [0.1, 0.15) is 0 Å². The number of halogens is 1. The summed E-state index contributed by atoms with van der Waals surface area (Å²) in [5, 5.41) is 6.57. The largest absolute Gasteiger partial charge is 0.356 e. The van der Waals surface area contributed by atoms with Gasteiger partial charge in [-0.1, -0.05) is 36.8 Å². The SMILES string of the molecule is CCC(CS(=O)(=O)c1ccccc1)NC(=NC)NCCC1=CCCCC1.I. The van der Waals surface area contributed by atoms with Gasteiger partial charge in [0.2, 0.25) is 0 Å². The highest BCUT2D eigenvalue weighted by Gasteiger charge is 2.20. The number of allylic oxidation sites excluding steroid dienone is 1. The third kappa shape index (κ3) is 8.21. The average Bonchev–Trinajstić information content (AvgIpc) is 2.67. The van der Waals surface area contributed by atoms with Crippen molar-refractivity contribution in [2.75, 3.05) is 19.3 Å². The van der Waals surface area contributed by atoms with Crippen LogP contribution in [-0.4, -0.2) is 39.8 Å². The van der Waals surface area contributed by atoms with E-state index in [0.29, 0.717) is 17.3 Å². The summed E-state index contributed by atoms with van der Waals surface area (Å²) in [5.74, 6) is 0.718. The quantitative estimate of drug-likeness (QED) is 0.243. The van der Waals surface area contributed by atoms with E-state index in [9.17, 15) is 8.42 Å². The first-order valence-electron chi connectivity index (χ1n) is 9.48. The van der Waals surface area contributed by atoms with Crippen LogP contribution in [0.25, 0.3) is 0 Å². The molecular weight excluding hydrogens is 473 g/mol. The van der Waals surface area contributed by atoms with Crippen molar-refractivity contribution >= 4 is 39.8 Å². The maximum absolute atomic E-state index is 12.6. The Morgan fingerprint density at radius 3 is 2.56 bits per heavy atom. The van der Waals surface area contributed by atoms with Gasteiger partial charge in [-0.3, -0.25) is 4.99 Å². The van der Waals surface area contributed by atoms with Crippen molar-refractivity contribution in [3.05, 3.63) is 42.0 Å². The zero-order valence-corrected chi connectivity index (χ0v) is 19.4. The summed E-state index contributed by atoms with van der Waals surface area (Å²) in [6, 6.07) is 8.44. The molecule has 0 spiro atoms. The molecule has 0 aromatic heterocycles. The summed E-state index contributed by atoms with van der Waals surface area (Å²) in [5.41, 5.74) is 1.51.